The molecule has 0 bridgehead atoms. The number of para-hydroxylation sites is 1. The van der Waals surface area contributed by atoms with Crippen LogP contribution in [0.4, 0.5) is 0 Å². The quantitative estimate of drug-likeness (QED) is 0.666. The van der Waals surface area contributed by atoms with Gasteiger partial charge in [-0.15, -0.1) is 0 Å². The highest BCUT2D eigenvalue weighted by Gasteiger charge is 2.13. The fraction of sp³-hybridized carbons (Fsp3) is 0. The van der Waals surface area contributed by atoms with Crippen LogP contribution in [0.1, 0.15) is 16.2 Å². The molecule has 1 aromatic carbocycles. The summed E-state index contributed by atoms with van der Waals surface area (Å²) in [6.45, 7) is 0. The molecule has 0 fully saturated rings. The van der Waals surface area contributed by atoms with E-state index >= 15 is 0 Å². The van der Waals surface area contributed by atoms with Crippen LogP contribution in [0.15, 0.2) is 61.2 Å². The zero-order chi connectivity index (χ0) is 13.1. The lowest BCUT2D eigenvalue weighted by Gasteiger charge is -1.99. The van der Waals surface area contributed by atoms with Crippen molar-refractivity contribution < 1.29 is 4.79 Å². The number of ketones is 1. The van der Waals surface area contributed by atoms with Gasteiger partial charge in [0.1, 0.15) is 11.4 Å². The van der Waals surface area contributed by atoms with E-state index in [4.69, 9.17) is 0 Å². The Labute approximate surface area is 109 Å². The molecule has 0 radical (unpaired) electrons. The second kappa shape index (κ2) is 4.81. The number of carbonyl (C=O) groups is 1. The summed E-state index contributed by atoms with van der Waals surface area (Å²) in [5.74, 6) is -0.234. The van der Waals surface area contributed by atoms with Crippen LogP contribution in [0, 0.1) is 0 Å². The summed E-state index contributed by atoms with van der Waals surface area (Å²) < 4.78 is 1.66. The Morgan fingerprint density at radius 2 is 1.84 bits per heavy atom. The average molecular weight is 250 g/mol. The summed E-state index contributed by atoms with van der Waals surface area (Å²) >= 11 is 0. The summed E-state index contributed by atoms with van der Waals surface area (Å²) in [6.07, 6.45) is 6.20. The van der Waals surface area contributed by atoms with Gasteiger partial charge in [0, 0.05) is 18.6 Å². The highest BCUT2D eigenvalue weighted by molar-refractivity contribution is 6.06. The van der Waals surface area contributed by atoms with Crippen LogP contribution >= 0.6 is 0 Å². The van der Waals surface area contributed by atoms with Crippen LogP contribution in [-0.4, -0.2) is 25.5 Å². The highest BCUT2D eigenvalue weighted by atomic mass is 16.1. The molecule has 0 spiro atoms. The monoisotopic (exact) mass is 250 g/mol. The van der Waals surface area contributed by atoms with Crippen molar-refractivity contribution >= 4 is 5.78 Å². The number of benzene rings is 1. The second-order valence-electron chi connectivity index (χ2n) is 3.90. The third kappa shape index (κ3) is 2.26. The first kappa shape index (κ1) is 11.3. The molecule has 0 aliphatic rings. The maximum atomic E-state index is 12.1. The van der Waals surface area contributed by atoms with Gasteiger partial charge in [-0.25, -0.2) is 9.67 Å². The molecule has 0 amide bonds. The van der Waals surface area contributed by atoms with E-state index < -0.39 is 0 Å². The third-order valence-electron chi connectivity index (χ3n) is 2.64. The molecule has 92 valence electrons. The van der Waals surface area contributed by atoms with Crippen molar-refractivity contribution in [2.45, 2.75) is 0 Å². The minimum Gasteiger partial charge on any atom is -0.285 e. The van der Waals surface area contributed by atoms with Gasteiger partial charge in [-0.3, -0.25) is 9.78 Å². The SMILES string of the molecule is O=C(c1cnccn1)c1ccn(-c2ccccc2)n1. The van der Waals surface area contributed by atoms with E-state index in [1.807, 2.05) is 30.3 Å². The van der Waals surface area contributed by atoms with Crippen LogP contribution in [0.25, 0.3) is 5.69 Å². The topological polar surface area (TPSA) is 60.7 Å². The predicted molar refractivity (Wildman–Crippen MR) is 69.0 cm³/mol. The minimum absolute atomic E-state index is 0.234. The van der Waals surface area contributed by atoms with E-state index in [0.29, 0.717) is 11.4 Å². The van der Waals surface area contributed by atoms with E-state index in [9.17, 15) is 4.79 Å². The lowest BCUT2D eigenvalue weighted by molar-refractivity contribution is 0.102. The zero-order valence-electron chi connectivity index (χ0n) is 9.97. The molecule has 5 heteroatoms. The first-order valence-electron chi connectivity index (χ1n) is 5.76. The van der Waals surface area contributed by atoms with Crippen molar-refractivity contribution in [3.63, 3.8) is 0 Å². The van der Waals surface area contributed by atoms with Crippen LogP contribution in [-0.2, 0) is 0 Å². The number of hydrogen-bond donors (Lipinski definition) is 0. The number of carbonyl (C=O) groups excluding carboxylic acids is 1. The van der Waals surface area contributed by atoms with Gasteiger partial charge in [-0.2, -0.15) is 5.10 Å². The Kier molecular flexibility index (Phi) is 2.86. The van der Waals surface area contributed by atoms with E-state index in [0.717, 1.165) is 5.69 Å². The normalized spacial score (nSPS) is 10.3. The number of nitrogens with zero attached hydrogens (tertiary/aromatic N) is 4. The lowest BCUT2D eigenvalue weighted by atomic mass is 10.2. The molecule has 0 unspecified atom stereocenters. The van der Waals surface area contributed by atoms with Crippen molar-refractivity contribution in [1.82, 2.24) is 19.7 Å². The van der Waals surface area contributed by atoms with E-state index in [1.54, 1.807) is 16.9 Å². The molecule has 0 aliphatic heterocycles. The first-order valence-corrected chi connectivity index (χ1v) is 5.76. The molecular formula is C14H10N4O. The fourth-order valence-corrected chi connectivity index (χ4v) is 1.72. The van der Waals surface area contributed by atoms with Crippen LogP contribution < -0.4 is 0 Å². The summed E-state index contributed by atoms with van der Waals surface area (Å²) in [5.41, 5.74) is 1.55. The summed E-state index contributed by atoms with van der Waals surface area (Å²) in [6, 6.07) is 11.3. The molecule has 2 aromatic heterocycles. The minimum atomic E-state index is -0.234. The Morgan fingerprint density at radius 1 is 1.00 bits per heavy atom. The maximum absolute atomic E-state index is 12.1. The predicted octanol–water partition coefficient (Wildman–Crippen LogP) is 1.89. The summed E-state index contributed by atoms with van der Waals surface area (Å²) in [7, 11) is 0. The number of aromatic nitrogens is 4. The Hall–Kier alpha value is -2.82. The first-order chi connectivity index (χ1) is 9.34. The molecule has 5 nitrogen and oxygen atoms in total. The molecule has 2 heterocycles. The smallest absolute Gasteiger partial charge is 0.233 e. The van der Waals surface area contributed by atoms with Crippen LogP contribution in [0.5, 0.6) is 0 Å². The lowest BCUT2D eigenvalue weighted by Crippen LogP contribution is -2.06. The van der Waals surface area contributed by atoms with Crippen LogP contribution in [0.2, 0.25) is 0 Å². The Bertz CT molecular complexity index is 692. The number of rotatable bonds is 3. The van der Waals surface area contributed by atoms with E-state index in [2.05, 4.69) is 15.1 Å². The fourth-order valence-electron chi connectivity index (χ4n) is 1.72. The highest BCUT2D eigenvalue weighted by Crippen LogP contribution is 2.09. The third-order valence-corrected chi connectivity index (χ3v) is 2.64. The molecule has 0 saturated carbocycles. The second-order valence-corrected chi connectivity index (χ2v) is 3.90. The molecule has 19 heavy (non-hydrogen) atoms. The Morgan fingerprint density at radius 3 is 2.58 bits per heavy atom. The van der Waals surface area contributed by atoms with Gasteiger partial charge in [0.2, 0.25) is 5.78 Å². The van der Waals surface area contributed by atoms with Gasteiger partial charge in [-0.1, -0.05) is 18.2 Å². The van der Waals surface area contributed by atoms with Crippen molar-refractivity contribution in [2.24, 2.45) is 0 Å². The van der Waals surface area contributed by atoms with Crippen molar-refractivity contribution in [1.29, 1.82) is 0 Å². The molecule has 3 aromatic rings. The maximum Gasteiger partial charge on any atom is 0.233 e. The Balaban J connectivity index is 1.92. The largest absolute Gasteiger partial charge is 0.285 e. The molecule has 0 N–H and O–H groups in total. The van der Waals surface area contributed by atoms with Crippen molar-refractivity contribution in [2.75, 3.05) is 0 Å². The molecule has 3 rings (SSSR count). The van der Waals surface area contributed by atoms with Gasteiger partial charge < -0.3 is 0 Å². The van der Waals surface area contributed by atoms with Gasteiger partial charge in [0.15, 0.2) is 0 Å². The van der Waals surface area contributed by atoms with Crippen molar-refractivity contribution in [3.05, 3.63) is 72.6 Å². The average Bonchev–Trinajstić information content (AvgIpc) is 2.98. The van der Waals surface area contributed by atoms with Crippen molar-refractivity contribution in [3.8, 4) is 5.69 Å². The summed E-state index contributed by atoms with van der Waals surface area (Å²) in [4.78, 5) is 20.0. The molecule has 0 aliphatic carbocycles. The van der Waals surface area contributed by atoms with Gasteiger partial charge in [0.05, 0.1) is 11.9 Å². The van der Waals surface area contributed by atoms with E-state index in [1.165, 1.54) is 18.6 Å². The van der Waals surface area contributed by atoms with E-state index in [-0.39, 0.29) is 5.78 Å². The van der Waals surface area contributed by atoms with Crippen LogP contribution in [0.3, 0.4) is 0 Å². The summed E-state index contributed by atoms with van der Waals surface area (Å²) in [5, 5.41) is 4.26. The van der Waals surface area contributed by atoms with Gasteiger partial charge >= 0.3 is 0 Å². The van der Waals surface area contributed by atoms with Gasteiger partial charge in [-0.05, 0) is 18.2 Å². The number of hydrogen-bond acceptors (Lipinski definition) is 4. The molecule has 0 atom stereocenters. The van der Waals surface area contributed by atoms with Gasteiger partial charge in [0.25, 0.3) is 0 Å². The standard InChI is InChI=1S/C14H10N4O/c19-14(13-10-15-7-8-16-13)12-6-9-18(17-12)11-4-2-1-3-5-11/h1-10H. The molecule has 0 saturated heterocycles. The molecular weight excluding hydrogens is 240 g/mol. The zero-order valence-corrected chi connectivity index (χ0v) is 9.97.